The fourth-order valence-corrected chi connectivity index (χ4v) is 2.30. The number of hydrogen-bond donors (Lipinski definition) is 2. The molecule has 2 unspecified atom stereocenters. The molecular weight excluding hydrogens is 202 g/mol. The second kappa shape index (κ2) is 4.44. The molecule has 0 spiro atoms. The summed E-state index contributed by atoms with van der Waals surface area (Å²) in [5.74, 6) is 0. The highest BCUT2D eigenvalue weighted by atomic mass is 16.5. The van der Waals surface area contributed by atoms with Gasteiger partial charge in [0.05, 0.1) is 12.6 Å². The van der Waals surface area contributed by atoms with Crippen molar-refractivity contribution in [1.82, 2.24) is 0 Å². The highest BCUT2D eigenvalue weighted by Crippen LogP contribution is 2.29. The molecule has 3 heteroatoms. The molecule has 1 aliphatic heterocycles. The third kappa shape index (κ3) is 2.20. The lowest BCUT2D eigenvalue weighted by Crippen LogP contribution is -2.49. The van der Waals surface area contributed by atoms with Crippen LogP contribution in [-0.2, 0) is 11.2 Å². The van der Waals surface area contributed by atoms with Gasteiger partial charge in [-0.1, -0.05) is 18.2 Å². The lowest BCUT2D eigenvalue weighted by molar-refractivity contribution is -0.0324. The zero-order valence-electron chi connectivity index (χ0n) is 9.86. The van der Waals surface area contributed by atoms with Crippen LogP contribution < -0.4 is 5.32 Å². The van der Waals surface area contributed by atoms with Crippen LogP contribution in [0.15, 0.2) is 24.3 Å². The van der Waals surface area contributed by atoms with Crippen molar-refractivity contribution in [2.75, 3.05) is 19.0 Å². The molecule has 0 fully saturated rings. The van der Waals surface area contributed by atoms with Crippen molar-refractivity contribution in [2.24, 2.45) is 0 Å². The van der Waals surface area contributed by atoms with Gasteiger partial charge in [-0.15, -0.1) is 0 Å². The molecular formula is C13H19NO2. The average molecular weight is 221 g/mol. The Labute approximate surface area is 96.4 Å². The molecule has 0 bridgehead atoms. The maximum atomic E-state index is 10.3. The minimum atomic E-state index is -0.817. The van der Waals surface area contributed by atoms with E-state index in [9.17, 15) is 5.11 Å². The number of fused-ring (bicyclic) bond motifs is 1. The highest BCUT2D eigenvalue weighted by molar-refractivity contribution is 5.54. The van der Waals surface area contributed by atoms with E-state index in [1.807, 2.05) is 19.1 Å². The lowest BCUT2D eigenvalue weighted by atomic mass is 9.88. The quantitative estimate of drug-likeness (QED) is 0.818. The first-order chi connectivity index (χ1) is 7.63. The Morgan fingerprint density at radius 3 is 3.00 bits per heavy atom. The summed E-state index contributed by atoms with van der Waals surface area (Å²) >= 11 is 0. The number of para-hydroxylation sites is 1. The second-order valence-electron chi connectivity index (χ2n) is 4.68. The fraction of sp³-hybridized carbons (Fsp3) is 0.538. The van der Waals surface area contributed by atoms with E-state index in [0.29, 0.717) is 6.61 Å². The fourth-order valence-electron chi connectivity index (χ4n) is 2.30. The number of ether oxygens (including phenoxy) is 1. The minimum Gasteiger partial charge on any atom is -0.386 e. The van der Waals surface area contributed by atoms with Gasteiger partial charge < -0.3 is 15.2 Å². The molecule has 0 amide bonds. The molecule has 16 heavy (non-hydrogen) atoms. The molecule has 1 aromatic rings. The molecule has 2 rings (SSSR count). The third-order valence-electron chi connectivity index (χ3n) is 3.24. The van der Waals surface area contributed by atoms with Gasteiger partial charge >= 0.3 is 0 Å². The van der Waals surface area contributed by atoms with E-state index in [2.05, 4.69) is 17.4 Å². The van der Waals surface area contributed by atoms with Crippen LogP contribution in [0.4, 0.5) is 5.69 Å². The topological polar surface area (TPSA) is 41.5 Å². The molecule has 88 valence electrons. The number of hydrogen-bond acceptors (Lipinski definition) is 3. The van der Waals surface area contributed by atoms with Gasteiger partial charge in [-0.25, -0.2) is 0 Å². The van der Waals surface area contributed by atoms with Crippen LogP contribution in [0.3, 0.4) is 0 Å². The largest absolute Gasteiger partial charge is 0.386 e. The van der Waals surface area contributed by atoms with Crippen molar-refractivity contribution >= 4 is 5.69 Å². The molecule has 3 nitrogen and oxygen atoms in total. The van der Waals surface area contributed by atoms with Crippen LogP contribution in [0.1, 0.15) is 18.9 Å². The smallest absolute Gasteiger partial charge is 0.105 e. The highest BCUT2D eigenvalue weighted by Gasteiger charge is 2.34. The second-order valence-corrected chi connectivity index (χ2v) is 4.68. The van der Waals surface area contributed by atoms with Crippen LogP contribution in [0.2, 0.25) is 0 Å². The van der Waals surface area contributed by atoms with Crippen LogP contribution >= 0.6 is 0 Å². The zero-order valence-corrected chi connectivity index (χ0v) is 9.86. The van der Waals surface area contributed by atoms with Crippen LogP contribution in [-0.4, -0.2) is 30.5 Å². The Balaban J connectivity index is 2.13. The third-order valence-corrected chi connectivity index (χ3v) is 3.24. The summed E-state index contributed by atoms with van der Waals surface area (Å²) in [6, 6.07) is 8.31. The van der Waals surface area contributed by atoms with E-state index in [1.54, 1.807) is 7.11 Å². The van der Waals surface area contributed by atoms with Crippen LogP contribution in [0, 0.1) is 0 Å². The molecule has 0 saturated carbocycles. The number of rotatable bonds is 3. The summed E-state index contributed by atoms with van der Waals surface area (Å²) in [7, 11) is 1.62. The predicted molar refractivity (Wildman–Crippen MR) is 64.7 cm³/mol. The van der Waals surface area contributed by atoms with Crippen molar-refractivity contribution < 1.29 is 9.84 Å². The maximum absolute atomic E-state index is 10.3. The predicted octanol–water partition coefficient (Wildman–Crippen LogP) is 1.81. The first-order valence-electron chi connectivity index (χ1n) is 5.69. The number of anilines is 1. The molecule has 0 radical (unpaired) electrons. The molecule has 2 N–H and O–H groups in total. The average Bonchev–Trinajstić information content (AvgIpc) is 2.28. The Morgan fingerprint density at radius 2 is 2.25 bits per heavy atom. The summed E-state index contributed by atoms with van der Waals surface area (Å²) in [5, 5.41) is 13.7. The number of aliphatic hydroxyl groups is 1. The van der Waals surface area contributed by atoms with Crippen molar-refractivity contribution in [3.8, 4) is 0 Å². The Morgan fingerprint density at radius 1 is 1.50 bits per heavy atom. The Kier molecular flexibility index (Phi) is 3.17. The summed E-state index contributed by atoms with van der Waals surface area (Å²) in [6.07, 6.45) is 1.95. The van der Waals surface area contributed by atoms with Gasteiger partial charge in [0, 0.05) is 12.8 Å². The van der Waals surface area contributed by atoms with E-state index in [-0.39, 0.29) is 6.04 Å². The summed E-state index contributed by atoms with van der Waals surface area (Å²) in [5.41, 5.74) is 1.64. The van der Waals surface area contributed by atoms with Gasteiger partial charge in [0.25, 0.3) is 0 Å². The first-order valence-corrected chi connectivity index (χ1v) is 5.69. The molecule has 1 aliphatic rings. The van der Waals surface area contributed by atoms with Crippen molar-refractivity contribution in [3.63, 3.8) is 0 Å². The van der Waals surface area contributed by atoms with Gasteiger partial charge in [0.2, 0.25) is 0 Å². The lowest BCUT2D eigenvalue weighted by Gasteiger charge is -2.37. The van der Waals surface area contributed by atoms with Gasteiger partial charge in [-0.05, 0) is 31.4 Å². The van der Waals surface area contributed by atoms with Crippen LogP contribution in [0.25, 0.3) is 0 Å². The summed E-state index contributed by atoms with van der Waals surface area (Å²) in [4.78, 5) is 0. The molecule has 1 heterocycles. The molecule has 0 aromatic heterocycles. The van der Waals surface area contributed by atoms with E-state index in [0.717, 1.165) is 18.5 Å². The zero-order chi connectivity index (χ0) is 11.6. The number of benzene rings is 1. The normalized spacial score (nSPS) is 23.1. The van der Waals surface area contributed by atoms with Crippen molar-refractivity contribution in [1.29, 1.82) is 0 Å². The van der Waals surface area contributed by atoms with Gasteiger partial charge in [-0.2, -0.15) is 0 Å². The first kappa shape index (κ1) is 11.4. The van der Waals surface area contributed by atoms with E-state index >= 15 is 0 Å². The van der Waals surface area contributed by atoms with Gasteiger partial charge in [-0.3, -0.25) is 0 Å². The molecule has 1 aromatic carbocycles. The number of methoxy groups -OCH3 is 1. The van der Waals surface area contributed by atoms with Crippen LogP contribution in [0.5, 0.6) is 0 Å². The van der Waals surface area contributed by atoms with Crippen molar-refractivity contribution in [2.45, 2.75) is 31.4 Å². The summed E-state index contributed by atoms with van der Waals surface area (Å²) < 4.78 is 5.06. The standard InChI is InChI=1S/C13H19NO2/c1-13(15,9-16-2)12-8-7-10-5-3-4-6-11(10)14-12/h3-6,12,14-15H,7-9H2,1-2H3. The van der Waals surface area contributed by atoms with Gasteiger partial charge in [0.1, 0.15) is 5.60 Å². The SMILES string of the molecule is COCC(C)(O)C1CCc2ccccc2N1. The molecule has 2 atom stereocenters. The Bertz CT molecular complexity index is 363. The molecule has 0 aliphatic carbocycles. The monoisotopic (exact) mass is 221 g/mol. The number of aryl methyl sites for hydroxylation is 1. The maximum Gasteiger partial charge on any atom is 0.105 e. The molecule has 0 saturated heterocycles. The van der Waals surface area contributed by atoms with Crippen molar-refractivity contribution in [3.05, 3.63) is 29.8 Å². The minimum absolute atomic E-state index is 0.0577. The van der Waals surface area contributed by atoms with E-state index < -0.39 is 5.60 Å². The Hall–Kier alpha value is -1.06. The van der Waals surface area contributed by atoms with E-state index in [1.165, 1.54) is 5.56 Å². The summed E-state index contributed by atoms with van der Waals surface area (Å²) in [6.45, 7) is 2.18. The number of nitrogens with one attached hydrogen (secondary N) is 1. The van der Waals surface area contributed by atoms with E-state index in [4.69, 9.17) is 4.74 Å². The van der Waals surface area contributed by atoms with Gasteiger partial charge in [0.15, 0.2) is 0 Å².